The van der Waals surface area contributed by atoms with Crippen molar-refractivity contribution in [2.45, 2.75) is 30.7 Å². The number of benzene rings is 1. The summed E-state index contributed by atoms with van der Waals surface area (Å²) in [5, 5.41) is 4.04. The van der Waals surface area contributed by atoms with E-state index in [1.165, 1.54) is 11.3 Å². The summed E-state index contributed by atoms with van der Waals surface area (Å²) in [5.74, 6) is 0.528. The molecule has 8 heteroatoms. The third-order valence-electron chi connectivity index (χ3n) is 4.33. The predicted molar refractivity (Wildman–Crippen MR) is 94.0 cm³/mol. The van der Waals surface area contributed by atoms with E-state index >= 15 is 0 Å². The van der Waals surface area contributed by atoms with Gasteiger partial charge in [0.15, 0.2) is 5.13 Å². The summed E-state index contributed by atoms with van der Waals surface area (Å²) in [5.41, 5.74) is 0.803. The fraction of sp³-hybridized carbons (Fsp3) is 0.400. The topological polar surface area (TPSA) is 62.3 Å². The average Bonchev–Trinajstić information content (AvgIpc) is 3.12. The van der Waals surface area contributed by atoms with Crippen LogP contribution in [0.3, 0.4) is 0 Å². The fourth-order valence-electron chi connectivity index (χ4n) is 3.16. The third kappa shape index (κ3) is 2.51. The number of aromatic nitrogens is 1. The molecule has 3 heterocycles. The van der Waals surface area contributed by atoms with Crippen molar-refractivity contribution >= 4 is 61.9 Å². The van der Waals surface area contributed by atoms with Crippen LogP contribution in [-0.2, 0) is 9.59 Å². The number of carbonyl (C=O) groups excluding carboxylic acids is 2. The number of thioether (sulfide) groups is 1. The van der Waals surface area contributed by atoms with Crippen LogP contribution in [0.25, 0.3) is 10.2 Å². The number of thiazole rings is 1. The molecule has 5 nitrogen and oxygen atoms in total. The van der Waals surface area contributed by atoms with Crippen LogP contribution >= 0.6 is 34.7 Å². The van der Waals surface area contributed by atoms with Crippen LogP contribution in [0.5, 0.6) is 0 Å². The van der Waals surface area contributed by atoms with E-state index < -0.39 is 6.04 Å². The predicted octanol–water partition coefficient (Wildman–Crippen LogP) is 3.34. The van der Waals surface area contributed by atoms with Gasteiger partial charge in [0.05, 0.1) is 15.1 Å². The van der Waals surface area contributed by atoms with Crippen LogP contribution in [0.1, 0.15) is 19.8 Å². The standard InChI is InChI=1S/C15H14ClN3O2S2/c1-15-5-4-12(20)19(15)10(7-22-15)13(21)18-14-17-9-3-2-8(16)6-11(9)23-14/h2-3,6,10H,4-5,7H2,1H3,(H,17,18,21)/t10-,15-/m1/s1. The van der Waals surface area contributed by atoms with Crippen molar-refractivity contribution in [1.82, 2.24) is 9.88 Å². The van der Waals surface area contributed by atoms with Crippen LogP contribution in [-0.4, -0.2) is 38.4 Å². The van der Waals surface area contributed by atoms with Gasteiger partial charge in [0.1, 0.15) is 6.04 Å². The van der Waals surface area contributed by atoms with E-state index in [1.807, 2.05) is 19.1 Å². The smallest absolute Gasteiger partial charge is 0.249 e. The molecule has 2 saturated heterocycles. The van der Waals surface area contributed by atoms with Crippen molar-refractivity contribution in [1.29, 1.82) is 0 Å². The van der Waals surface area contributed by atoms with Gasteiger partial charge in [-0.1, -0.05) is 22.9 Å². The largest absolute Gasteiger partial charge is 0.315 e. The van der Waals surface area contributed by atoms with Crippen LogP contribution < -0.4 is 5.32 Å². The van der Waals surface area contributed by atoms with Gasteiger partial charge < -0.3 is 10.2 Å². The maximum atomic E-state index is 12.6. The summed E-state index contributed by atoms with van der Waals surface area (Å²) >= 11 is 9.04. The van der Waals surface area contributed by atoms with Gasteiger partial charge >= 0.3 is 0 Å². The zero-order chi connectivity index (χ0) is 16.2. The van der Waals surface area contributed by atoms with Gasteiger partial charge in [-0.05, 0) is 31.5 Å². The highest BCUT2D eigenvalue weighted by atomic mass is 35.5. The molecular weight excluding hydrogens is 354 g/mol. The van der Waals surface area contributed by atoms with Gasteiger partial charge in [-0.25, -0.2) is 4.98 Å². The maximum absolute atomic E-state index is 12.6. The Balaban J connectivity index is 1.56. The number of nitrogens with one attached hydrogen (secondary N) is 1. The first kappa shape index (κ1) is 15.2. The van der Waals surface area contributed by atoms with E-state index in [0.29, 0.717) is 22.3 Å². The summed E-state index contributed by atoms with van der Waals surface area (Å²) in [7, 11) is 0. The molecular formula is C15H14ClN3O2S2. The molecule has 0 bridgehead atoms. The molecule has 2 fully saturated rings. The van der Waals surface area contributed by atoms with Crippen molar-refractivity contribution < 1.29 is 9.59 Å². The molecule has 0 saturated carbocycles. The van der Waals surface area contributed by atoms with Gasteiger partial charge in [0.25, 0.3) is 0 Å². The second-order valence-corrected chi connectivity index (χ2v) is 8.85. The van der Waals surface area contributed by atoms with Crippen LogP contribution in [0.15, 0.2) is 18.2 Å². The molecule has 2 aliphatic heterocycles. The number of fused-ring (bicyclic) bond motifs is 2. The first-order valence-electron chi connectivity index (χ1n) is 7.29. The molecule has 0 spiro atoms. The third-order valence-corrected chi connectivity index (χ3v) is 7.00. The number of hydrogen-bond donors (Lipinski definition) is 1. The number of rotatable bonds is 2. The van der Waals surface area contributed by atoms with E-state index in [0.717, 1.165) is 16.6 Å². The lowest BCUT2D eigenvalue weighted by atomic mass is 10.2. The Bertz CT molecular complexity index is 824. The van der Waals surface area contributed by atoms with Crippen LogP contribution in [0.2, 0.25) is 5.02 Å². The number of halogens is 1. The van der Waals surface area contributed by atoms with Gasteiger partial charge in [-0.2, -0.15) is 0 Å². The SMILES string of the molecule is C[C@@]12CCC(=O)N1[C@@H](C(=O)Nc1nc3ccc(Cl)cc3s1)CS2. The molecule has 120 valence electrons. The molecule has 1 aromatic heterocycles. The minimum atomic E-state index is -0.421. The summed E-state index contributed by atoms with van der Waals surface area (Å²) in [6.45, 7) is 2.04. The maximum Gasteiger partial charge on any atom is 0.249 e. The number of amides is 2. The monoisotopic (exact) mass is 367 g/mol. The highest BCUT2D eigenvalue weighted by molar-refractivity contribution is 8.01. The summed E-state index contributed by atoms with van der Waals surface area (Å²) in [6, 6.07) is 5.01. The van der Waals surface area contributed by atoms with Crippen molar-refractivity contribution in [2.75, 3.05) is 11.1 Å². The minimum absolute atomic E-state index is 0.0636. The second-order valence-electron chi connectivity index (χ2n) is 5.89. The van der Waals surface area contributed by atoms with Crippen molar-refractivity contribution in [3.63, 3.8) is 0 Å². The van der Waals surface area contributed by atoms with Gasteiger partial charge in [0.2, 0.25) is 11.8 Å². The Morgan fingerprint density at radius 1 is 1.52 bits per heavy atom. The number of hydrogen-bond acceptors (Lipinski definition) is 5. The van der Waals surface area contributed by atoms with Crippen molar-refractivity contribution in [3.05, 3.63) is 23.2 Å². The Kier molecular flexibility index (Phi) is 3.55. The minimum Gasteiger partial charge on any atom is -0.315 e. The van der Waals surface area contributed by atoms with Gasteiger partial charge in [-0.15, -0.1) is 11.8 Å². The number of anilines is 1. The number of nitrogens with zero attached hydrogens (tertiary/aromatic N) is 2. The van der Waals surface area contributed by atoms with Gasteiger partial charge in [0, 0.05) is 17.2 Å². The normalized spacial score (nSPS) is 26.8. The van der Waals surface area contributed by atoms with E-state index in [9.17, 15) is 9.59 Å². The van der Waals surface area contributed by atoms with E-state index in [4.69, 9.17) is 11.6 Å². The highest BCUT2D eigenvalue weighted by Gasteiger charge is 2.52. The Hall–Kier alpha value is -1.31. The summed E-state index contributed by atoms with van der Waals surface area (Å²) in [4.78, 5) is 30.6. The number of carbonyl (C=O) groups is 2. The lowest BCUT2D eigenvalue weighted by Crippen LogP contribution is -2.48. The van der Waals surface area contributed by atoms with Crippen molar-refractivity contribution in [2.24, 2.45) is 0 Å². The van der Waals surface area contributed by atoms with Crippen LogP contribution in [0, 0.1) is 0 Å². The molecule has 0 aliphatic carbocycles. The molecule has 2 amide bonds. The molecule has 0 radical (unpaired) electrons. The summed E-state index contributed by atoms with van der Waals surface area (Å²) in [6.07, 6.45) is 1.33. The Morgan fingerprint density at radius 2 is 2.35 bits per heavy atom. The first-order chi connectivity index (χ1) is 11.0. The van der Waals surface area contributed by atoms with E-state index in [-0.39, 0.29) is 16.7 Å². The average molecular weight is 368 g/mol. The molecule has 1 aromatic carbocycles. The van der Waals surface area contributed by atoms with E-state index in [1.54, 1.807) is 22.7 Å². The highest BCUT2D eigenvalue weighted by Crippen LogP contribution is 2.47. The quantitative estimate of drug-likeness (QED) is 0.884. The molecule has 2 aromatic rings. The molecule has 4 rings (SSSR count). The lowest BCUT2D eigenvalue weighted by Gasteiger charge is -2.29. The van der Waals surface area contributed by atoms with Gasteiger partial charge in [-0.3, -0.25) is 9.59 Å². The second kappa shape index (κ2) is 5.36. The zero-order valence-corrected chi connectivity index (χ0v) is 14.7. The molecule has 1 N–H and O–H groups in total. The first-order valence-corrected chi connectivity index (χ1v) is 9.47. The Labute approximate surface area is 146 Å². The zero-order valence-electron chi connectivity index (χ0n) is 12.3. The lowest BCUT2D eigenvalue weighted by molar-refractivity contribution is -0.135. The van der Waals surface area contributed by atoms with E-state index in [2.05, 4.69) is 10.3 Å². The van der Waals surface area contributed by atoms with Crippen molar-refractivity contribution in [3.8, 4) is 0 Å². The van der Waals surface area contributed by atoms with Crippen LogP contribution in [0.4, 0.5) is 5.13 Å². The Morgan fingerprint density at radius 3 is 3.17 bits per heavy atom. The molecule has 2 aliphatic rings. The summed E-state index contributed by atoms with van der Waals surface area (Å²) < 4.78 is 0.927. The molecule has 2 atom stereocenters. The fourth-order valence-corrected chi connectivity index (χ4v) is 5.73. The molecule has 23 heavy (non-hydrogen) atoms. The molecule has 0 unspecified atom stereocenters.